The van der Waals surface area contributed by atoms with Gasteiger partial charge in [0.2, 0.25) is 0 Å². The normalized spacial score (nSPS) is 11.5. The SMILES string of the molecule is CCNC(=O)c1c(OC(C)(CC)CC)ccc2ccccc12. The van der Waals surface area contributed by atoms with Crippen LogP contribution in [0.3, 0.4) is 0 Å². The zero-order chi connectivity index (χ0) is 16.2. The number of hydrogen-bond donors (Lipinski definition) is 1. The van der Waals surface area contributed by atoms with E-state index in [2.05, 4.69) is 26.1 Å². The maximum Gasteiger partial charge on any atom is 0.255 e. The number of amides is 1. The first kappa shape index (κ1) is 16.3. The van der Waals surface area contributed by atoms with Crippen LogP contribution in [-0.2, 0) is 0 Å². The predicted molar refractivity (Wildman–Crippen MR) is 91.6 cm³/mol. The van der Waals surface area contributed by atoms with E-state index in [9.17, 15) is 4.79 Å². The molecule has 0 unspecified atom stereocenters. The van der Waals surface area contributed by atoms with Crippen molar-refractivity contribution in [1.82, 2.24) is 5.32 Å². The van der Waals surface area contributed by atoms with Crippen LogP contribution in [-0.4, -0.2) is 18.1 Å². The lowest BCUT2D eigenvalue weighted by Gasteiger charge is -2.29. The number of hydrogen-bond acceptors (Lipinski definition) is 2. The quantitative estimate of drug-likeness (QED) is 0.850. The third-order valence-corrected chi connectivity index (χ3v) is 4.31. The molecule has 0 bridgehead atoms. The van der Waals surface area contributed by atoms with E-state index in [0.717, 1.165) is 23.6 Å². The van der Waals surface area contributed by atoms with Crippen molar-refractivity contribution >= 4 is 16.7 Å². The van der Waals surface area contributed by atoms with E-state index in [1.54, 1.807) is 0 Å². The van der Waals surface area contributed by atoms with Crippen molar-refractivity contribution in [3.8, 4) is 5.75 Å². The van der Waals surface area contributed by atoms with Crippen molar-refractivity contribution in [2.75, 3.05) is 6.54 Å². The summed E-state index contributed by atoms with van der Waals surface area (Å²) >= 11 is 0. The van der Waals surface area contributed by atoms with Crippen LogP contribution in [0.1, 0.15) is 50.9 Å². The molecule has 0 spiro atoms. The van der Waals surface area contributed by atoms with Crippen LogP contribution in [0.15, 0.2) is 36.4 Å². The van der Waals surface area contributed by atoms with Crippen LogP contribution in [0.25, 0.3) is 10.8 Å². The molecule has 22 heavy (non-hydrogen) atoms. The highest BCUT2D eigenvalue weighted by Gasteiger charge is 2.25. The Morgan fingerprint density at radius 3 is 2.41 bits per heavy atom. The van der Waals surface area contributed by atoms with Gasteiger partial charge < -0.3 is 10.1 Å². The molecule has 1 amide bonds. The second-order valence-electron chi connectivity index (χ2n) is 5.78. The summed E-state index contributed by atoms with van der Waals surface area (Å²) in [6.07, 6.45) is 1.79. The second-order valence-corrected chi connectivity index (χ2v) is 5.78. The van der Waals surface area contributed by atoms with Crippen LogP contribution >= 0.6 is 0 Å². The maximum atomic E-state index is 12.6. The highest BCUT2D eigenvalue weighted by molar-refractivity contribution is 6.09. The van der Waals surface area contributed by atoms with Crippen molar-refractivity contribution < 1.29 is 9.53 Å². The van der Waals surface area contributed by atoms with Crippen LogP contribution in [0.2, 0.25) is 0 Å². The van der Waals surface area contributed by atoms with Gasteiger partial charge in [0, 0.05) is 6.54 Å². The fourth-order valence-electron chi connectivity index (χ4n) is 2.48. The van der Waals surface area contributed by atoms with Crippen LogP contribution < -0.4 is 10.1 Å². The van der Waals surface area contributed by atoms with Crippen LogP contribution in [0.5, 0.6) is 5.75 Å². The Balaban J connectivity index is 2.58. The Kier molecular flexibility index (Phi) is 5.07. The van der Waals surface area contributed by atoms with E-state index < -0.39 is 0 Å². The average molecular weight is 299 g/mol. The number of nitrogens with one attached hydrogen (secondary N) is 1. The summed E-state index contributed by atoms with van der Waals surface area (Å²) in [6.45, 7) is 8.82. The zero-order valence-corrected chi connectivity index (χ0v) is 13.9. The number of carbonyl (C=O) groups excluding carboxylic acids is 1. The number of rotatable bonds is 6. The third kappa shape index (κ3) is 3.24. The average Bonchev–Trinajstić information content (AvgIpc) is 2.54. The lowest BCUT2D eigenvalue weighted by molar-refractivity contribution is 0.0768. The molecule has 0 radical (unpaired) electrons. The van der Waals surface area contributed by atoms with E-state index >= 15 is 0 Å². The van der Waals surface area contributed by atoms with Gasteiger partial charge in [-0.05, 0) is 43.5 Å². The number of fused-ring (bicyclic) bond motifs is 1. The summed E-state index contributed by atoms with van der Waals surface area (Å²) in [4.78, 5) is 12.6. The Bertz CT molecular complexity index is 660. The lowest BCUT2D eigenvalue weighted by atomic mass is 9.98. The summed E-state index contributed by atoms with van der Waals surface area (Å²) in [6, 6.07) is 11.8. The molecular formula is C19H25NO2. The molecule has 0 saturated heterocycles. The van der Waals surface area contributed by atoms with Gasteiger partial charge in [0.05, 0.1) is 5.56 Å². The minimum absolute atomic E-state index is 0.0798. The van der Waals surface area contributed by atoms with Gasteiger partial charge in [0.1, 0.15) is 11.4 Å². The van der Waals surface area contributed by atoms with E-state index in [4.69, 9.17) is 4.74 Å². The summed E-state index contributed by atoms with van der Waals surface area (Å²) in [7, 11) is 0. The molecule has 118 valence electrons. The molecular weight excluding hydrogens is 274 g/mol. The fraction of sp³-hybridized carbons (Fsp3) is 0.421. The molecule has 3 nitrogen and oxygen atoms in total. The first-order chi connectivity index (χ1) is 10.5. The molecule has 0 aliphatic carbocycles. The van der Waals surface area contributed by atoms with Crippen molar-refractivity contribution in [2.24, 2.45) is 0 Å². The van der Waals surface area contributed by atoms with Gasteiger partial charge in [-0.25, -0.2) is 0 Å². The number of benzene rings is 2. The molecule has 0 heterocycles. The zero-order valence-electron chi connectivity index (χ0n) is 13.9. The summed E-state index contributed by atoms with van der Waals surface area (Å²) in [5.74, 6) is 0.583. The molecule has 3 heteroatoms. The van der Waals surface area contributed by atoms with Gasteiger partial charge in [-0.3, -0.25) is 4.79 Å². The largest absolute Gasteiger partial charge is 0.487 e. The molecule has 0 aliphatic rings. The lowest BCUT2D eigenvalue weighted by Crippen LogP contribution is -2.32. The minimum atomic E-state index is -0.260. The van der Waals surface area contributed by atoms with Gasteiger partial charge in [-0.15, -0.1) is 0 Å². The van der Waals surface area contributed by atoms with Gasteiger partial charge in [0.25, 0.3) is 5.91 Å². The van der Waals surface area contributed by atoms with Crippen molar-refractivity contribution in [1.29, 1.82) is 0 Å². The molecule has 0 aliphatic heterocycles. The smallest absolute Gasteiger partial charge is 0.255 e. The van der Waals surface area contributed by atoms with Gasteiger partial charge >= 0.3 is 0 Å². The Morgan fingerprint density at radius 2 is 1.77 bits per heavy atom. The monoisotopic (exact) mass is 299 g/mol. The van der Waals surface area contributed by atoms with Gasteiger partial charge in [-0.2, -0.15) is 0 Å². The molecule has 0 fully saturated rings. The van der Waals surface area contributed by atoms with Gasteiger partial charge in [-0.1, -0.05) is 44.2 Å². The third-order valence-electron chi connectivity index (χ3n) is 4.31. The van der Waals surface area contributed by atoms with Gasteiger partial charge in [0.15, 0.2) is 0 Å². The first-order valence-electron chi connectivity index (χ1n) is 8.03. The topological polar surface area (TPSA) is 38.3 Å². The van der Waals surface area contributed by atoms with Crippen molar-refractivity contribution in [3.05, 3.63) is 42.0 Å². The summed E-state index contributed by atoms with van der Waals surface area (Å²) in [5.41, 5.74) is 0.372. The molecule has 2 aromatic rings. The van der Waals surface area contributed by atoms with Crippen molar-refractivity contribution in [3.63, 3.8) is 0 Å². The molecule has 0 atom stereocenters. The number of ether oxygens (including phenoxy) is 1. The Morgan fingerprint density at radius 1 is 1.09 bits per heavy atom. The van der Waals surface area contributed by atoms with E-state index in [1.807, 2.05) is 43.3 Å². The molecule has 2 rings (SSSR count). The predicted octanol–water partition coefficient (Wildman–Crippen LogP) is 4.55. The molecule has 0 saturated carbocycles. The molecule has 1 N–H and O–H groups in total. The Hall–Kier alpha value is -2.03. The highest BCUT2D eigenvalue weighted by atomic mass is 16.5. The highest BCUT2D eigenvalue weighted by Crippen LogP contribution is 2.32. The minimum Gasteiger partial charge on any atom is -0.487 e. The standard InChI is InChI=1S/C19H25NO2/c1-5-19(4,6-2)22-16-13-12-14-10-8-9-11-15(14)17(16)18(21)20-7-3/h8-13H,5-7H2,1-4H3,(H,20,21). The van der Waals surface area contributed by atoms with E-state index in [0.29, 0.717) is 17.9 Å². The molecule has 2 aromatic carbocycles. The summed E-state index contributed by atoms with van der Waals surface area (Å²) < 4.78 is 6.25. The van der Waals surface area contributed by atoms with Crippen LogP contribution in [0.4, 0.5) is 0 Å². The Labute approximate surface area is 132 Å². The fourth-order valence-corrected chi connectivity index (χ4v) is 2.48. The first-order valence-corrected chi connectivity index (χ1v) is 8.03. The van der Waals surface area contributed by atoms with E-state index in [1.165, 1.54) is 0 Å². The second kappa shape index (κ2) is 6.82. The van der Waals surface area contributed by atoms with Crippen LogP contribution in [0, 0.1) is 0 Å². The van der Waals surface area contributed by atoms with Crippen molar-refractivity contribution in [2.45, 2.75) is 46.1 Å². The number of carbonyl (C=O) groups is 1. The molecule has 0 aromatic heterocycles. The summed E-state index contributed by atoms with van der Waals surface area (Å²) in [5, 5.41) is 4.88. The maximum absolute atomic E-state index is 12.6. The van der Waals surface area contributed by atoms with E-state index in [-0.39, 0.29) is 11.5 Å².